The zero-order valence-electron chi connectivity index (χ0n) is 21.5. The first-order valence-electron chi connectivity index (χ1n) is 12.7. The Morgan fingerprint density at radius 1 is 0.875 bits per heavy atom. The number of aromatic amines is 1. The minimum atomic E-state index is -1.20. The molecular formula is C32H27N3O5. The Balaban J connectivity index is 1.54. The van der Waals surface area contributed by atoms with E-state index in [0.29, 0.717) is 5.56 Å². The fraction of sp³-hybridized carbons (Fsp3) is 0.0938. The van der Waals surface area contributed by atoms with Crippen LogP contribution in [-0.4, -0.2) is 34.0 Å². The first-order chi connectivity index (χ1) is 19.4. The zero-order valence-corrected chi connectivity index (χ0v) is 21.5. The number of carbonyl (C=O) groups is 3. The largest absolute Gasteiger partial charge is 0.478 e. The Kier molecular flexibility index (Phi) is 7.59. The molecule has 0 bridgehead atoms. The minimum Gasteiger partial charge on any atom is -0.478 e. The van der Waals surface area contributed by atoms with E-state index in [2.05, 4.69) is 10.3 Å². The third-order valence-electron chi connectivity index (χ3n) is 6.70. The fourth-order valence-electron chi connectivity index (χ4n) is 4.78. The summed E-state index contributed by atoms with van der Waals surface area (Å²) in [4.78, 5) is 42.6. The molecule has 40 heavy (non-hydrogen) atoms. The van der Waals surface area contributed by atoms with E-state index in [-0.39, 0.29) is 35.4 Å². The molecule has 1 amide bonds. The third-order valence-corrected chi connectivity index (χ3v) is 6.70. The van der Waals surface area contributed by atoms with Crippen molar-refractivity contribution in [3.05, 3.63) is 126 Å². The normalized spacial score (nSPS) is 11.6. The number of carboxylic acid groups (broad SMARTS) is 1. The SMILES string of the molecule is Nc1ccc(C(=O)O)c(-c2ccccc2)c1C(=O)[C@H](Cc1c[nH]c2ccccc12)NC(=O)OCc1ccccc1. The molecule has 200 valence electrons. The number of ether oxygens (including phenoxy) is 1. The Labute approximate surface area is 230 Å². The summed E-state index contributed by atoms with van der Waals surface area (Å²) in [6.07, 6.45) is 1.13. The molecule has 8 heteroatoms. The lowest BCUT2D eigenvalue weighted by molar-refractivity contribution is 0.0697. The number of nitrogen functional groups attached to an aromatic ring is 1. The Morgan fingerprint density at radius 3 is 2.27 bits per heavy atom. The standard InChI is InChI=1S/C32H27N3O5/c33-25-16-15-24(31(37)38)28(21-11-5-2-6-12-21)29(25)30(36)27(17-22-18-34-26-14-8-7-13-23(22)26)35-32(39)40-19-20-9-3-1-4-10-20/h1-16,18,27,34H,17,19,33H2,(H,35,39)(H,37,38)/t27-/m0/s1. The van der Waals surface area contributed by atoms with Crippen LogP contribution >= 0.6 is 0 Å². The van der Waals surface area contributed by atoms with Gasteiger partial charge in [-0.3, -0.25) is 4.79 Å². The number of rotatable bonds is 9. The molecule has 0 radical (unpaired) electrons. The number of aromatic carboxylic acids is 1. The van der Waals surface area contributed by atoms with Crippen molar-refractivity contribution in [1.29, 1.82) is 0 Å². The van der Waals surface area contributed by atoms with Crippen LogP contribution in [0.4, 0.5) is 10.5 Å². The van der Waals surface area contributed by atoms with Crippen molar-refractivity contribution in [1.82, 2.24) is 10.3 Å². The number of hydrogen-bond donors (Lipinski definition) is 4. The lowest BCUT2D eigenvalue weighted by Crippen LogP contribution is -2.43. The van der Waals surface area contributed by atoms with Crippen molar-refractivity contribution in [2.45, 2.75) is 19.1 Å². The summed E-state index contributed by atoms with van der Waals surface area (Å²) in [6, 6.07) is 27.2. The van der Waals surface area contributed by atoms with Gasteiger partial charge in [0.2, 0.25) is 0 Å². The molecule has 5 rings (SSSR count). The van der Waals surface area contributed by atoms with Crippen LogP contribution in [-0.2, 0) is 17.8 Å². The highest BCUT2D eigenvalue weighted by Gasteiger charge is 2.30. The molecule has 1 aromatic heterocycles. The average Bonchev–Trinajstić information content (AvgIpc) is 3.38. The smallest absolute Gasteiger partial charge is 0.408 e. The third kappa shape index (κ3) is 5.56. The number of aromatic nitrogens is 1. The van der Waals surface area contributed by atoms with E-state index in [4.69, 9.17) is 10.5 Å². The number of anilines is 1. The summed E-state index contributed by atoms with van der Waals surface area (Å²) < 4.78 is 5.42. The first-order valence-corrected chi connectivity index (χ1v) is 12.7. The predicted octanol–water partition coefficient (Wildman–Crippen LogP) is 5.84. The number of carbonyl (C=O) groups excluding carboxylic acids is 2. The van der Waals surface area contributed by atoms with Gasteiger partial charge in [-0.25, -0.2) is 9.59 Å². The van der Waals surface area contributed by atoms with E-state index < -0.39 is 23.9 Å². The number of nitrogens with two attached hydrogens (primary N) is 1. The van der Waals surface area contributed by atoms with Gasteiger partial charge in [0.1, 0.15) is 6.61 Å². The zero-order chi connectivity index (χ0) is 28.1. The van der Waals surface area contributed by atoms with Gasteiger partial charge in [0, 0.05) is 34.8 Å². The van der Waals surface area contributed by atoms with E-state index in [1.165, 1.54) is 12.1 Å². The molecule has 0 aliphatic rings. The monoisotopic (exact) mass is 533 g/mol. The molecule has 0 unspecified atom stereocenters. The summed E-state index contributed by atoms with van der Waals surface area (Å²) >= 11 is 0. The van der Waals surface area contributed by atoms with Gasteiger partial charge in [0.05, 0.1) is 17.2 Å². The van der Waals surface area contributed by atoms with E-state index in [0.717, 1.165) is 22.0 Å². The van der Waals surface area contributed by atoms with Crippen molar-refractivity contribution >= 4 is 34.4 Å². The summed E-state index contributed by atoms with van der Waals surface area (Å²) in [5.41, 5.74) is 9.59. The van der Waals surface area contributed by atoms with E-state index >= 15 is 0 Å². The molecular weight excluding hydrogens is 506 g/mol. The number of fused-ring (bicyclic) bond motifs is 1. The maximum atomic E-state index is 14.3. The molecule has 4 aromatic carbocycles. The van der Waals surface area contributed by atoms with Crippen LogP contribution in [0.2, 0.25) is 0 Å². The van der Waals surface area contributed by atoms with Gasteiger partial charge in [0.25, 0.3) is 0 Å². The molecule has 0 aliphatic heterocycles. The van der Waals surface area contributed by atoms with Gasteiger partial charge in [-0.2, -0.15) is 0 Å². The van der Waals surface area contributed by atoms with Crippen molar-refractivity contribution < 1.29 is 24.2 Å². The summed E-state index contributed by atoms with van der Waals surface area (Å²) in [5, 5.41) is 13.6. The predicted molar refractivity (Wildman–Crippen MR) is 153 cm³/mol. The van der Waals surface area contributed by atoms with Crippen molar-refractivity contribution in [3.8, 4) is 11.1 Å². The van der Waals surface area contributed by atoms with Crippen LogP contribution in [0.1, 0.15) is 31.8 Å². The molecule has 5 N–H and O–H groups in total. The highest BCUT2D eigenvalue weighted by atomic mass is 16.5. The Morgan fingerprint density at radius 2 is 1.55 bits per heavy atom. The highest BCUT2D eigenvalue weighted by molar-refractivity contribution is 6.14. The number of Topliss-reactive ketones (excluding diaryl/α,β-unsaturated/α-hetero) is 1. The molecule has 0 saturated heterocycles. The number of benzene rings is 4. The number of H-pyrrole nitrogens is 1. The molecule has 5 aromatic rings. The molecule has 0 fully saturated rings. The quantitative estimate of drug-likeness (QED) is 0.139. The van der Waals surface area contributed by atoms with Gasteiger partial charge in [-0.15, -0.1) is 0 Å². The van der Waals surface area contributed by atoms with Gasteiger partial charge >= 0.3 is 12.1 Å². The molecule has 1 heterocycles. The number of carboxylic acids is 1. The molecule has 1 atom stereocenters. The number of hydrogen-bond acceptors (Lipinski definition) is 5. The van der Waals surface area contributed by atoms with Gasteiger partial charge < -0.3 is 25.9 Å². The van der Waals surface area contributed by atoms with Crippen LogP contribution in [0.3, 0.4) is 0 Å². The van der Waals surface area contributed by atoms with E-state index in [1.807, 2.05) is 54.6 Å². The maximum absolute atomic E-state index is 14.3. The number of para-hydroxylation sites is 1. The first kappa shape index (κ1) is 26.2. The molecule has 0 aliphatic carbocycles. The minimum absolute atomic E-state index is 0.0204. The summed E-state index contributed by atoms with van der Waals surface area (Å²) in [5.74, 6) is -1.72. The van der Waals surface area contributed by atoms with Crippen LogP contribution < -0.4 is 11.1 Å². The lowest BCUT2D eigenvalue weighted by atomic mass is 9.87. The highest BCUT2D eigenvalue weighted by Crippen LogP contribution is 2.33. The number of nitrogens with one attached hydrogen (secondary N) is 2. The Bertz CT molecular complexity index is 1680. The molecule has 0 saturated carbocycles. The number of amides is 1. The van der Waals surface area contributed by atoms with Crippen LogP contribution in [0.5, 0.6) is 0 Å². The Hall–Kier alpha value is -5.37. The van der Waals surface area contributed by atoms with Crippen LogP contribution in [0.15, 0.2) is 103 Å². The number of ketones is 1. The van der Waals surface area contributed by atoms with Crippen molar-refractivity contribution in [3.63, 3.8) is 0 Å². The van der Waals surface area contributed by atoms with Gasteiger partial charge in [0.15, 0.2) is 5.78 Å². The van der Waals surface area contributed by atoms with Crippen LogP contribution in [0, 0.1) is 0 Å². The van der Waals surface area contributed by atoms with E-state index in [9.17, 15) is 19.5 Å². The number of alkyl carbamates (subject to hydrolysis) is 1. The van der Waals surface area contributed by atoms with E-state index in [1.54, 1.807) is 36.5 Å². The summed E-state index contributed by atoms with van der Waals surface area (Å²) in [7, 11) is 0. The second-order valence-electron chi connectivity index (χ2n) is 9.31. The van der Waals surface area contributed by atoms with Crippen LogP contribution in [0.25, 0.3) is 22.0 Å². The van der Waals surface area contributed by atoms with Crippen molar-refractivity contribution in [2.24, 2.45) is 0 Å². The average molecular weight is 534 g/mol. The second kappa shape index (κ2) is 11.6. The molecule has 0 spiro atoms. The van der Waals surface area contributed by atoms with Gasteiger partial charge in [-0.1, -0.05) is 78.9 Å². The van der Waals surface area contributed by atoms with Gasteiger partial charge in [-0.05, 0) is 34.9 Å². The molecule has 8 nitrogen and oxygen atoms in total. The fourth-order valence-corrected chi connectivity index (χ4v) is 4.78. The summed E-state index contributed by atoms with van der Waals surface area (Å²) in [6.45, 7) is 0.0204. The maximum Gasteiger partial charge on any atom is 0.408 e. The van der Waals surface area contributed by atoms with Crippen molar-refractivity contribution in [2.75, 3.05) is 5.73 Å². The second-order valence-corrected chi connectivity index (χ2v) is 9.31. The lowest BCUT2D eigenvalue weighted by Gasteiger charge is -2.21. The topological polar surface area (TPSA) is 135 Å².